The summed E-state index contributed by atoms with van der Waals surface area (Å²) in [5.74, 6) is 2.11. The maximum Gasteiger partial charge on any atom is 0.248 e. The van der Waals surface area contributed by atoms with E-state index in [2.05, 4.69) is 60.1 Å². The van der Waals surface area contributed by atoms with E-state index in [1.807, 2.05) is 12.1 Å². The van der Waals surface area contributed by atoms with Gasteiger partial charge < -0.3 is 24.8 Å². The standard InChI is InChI=1S/C37H56N4O4S/c1-3-32(35(13-5-4-6-24-46-39)44-23-20-40-18-21-43-22-19-40)16-17-41-27-31(12-8-11-30-10-7-9-29(2)25-30)28-45-36-15-14-33(37(38)42)26-34(36)41/h5,7,9-10,13-15,25-26,31-32,35H,3-4,6,8,11-12,16-24,27-28,39H2,1-2H3,(H2,38,42)/b13-5+/t31?,32-,35+/m1/s1. The van der Waals surface area contributed by atoms with E-state index >= 15 is 0 Å². The molecule has 0 radical (unpaired) electrons. The molecule has 0 aromatic heterocycles. The van der Waals surface area contributed by atoms with Crippen molar-refractivity contribution in [3.8, 4) is 5.75 Å². The molecule has 2 heterocycles. The van der Waals surface area contributed by atoms with E-state index in [0.717, 1.165) is 108 Å². The van der Waals surface area contributed by atoms with Crippen LogP contribution in [0.1, 0.15) is 66.9 Å². The SMILES string of the molecule is CC[C@H](CCN1CC(CCCc2cccc(C)c2)COc2ccc(C(N)=O)cc21)[C@H](/C=C/CCCSN)OCCN1CCOCC1. The van der Waals surface area contributed by atoms with E-state index in [9.17, 15) is 4.79 Å². The third-order valence-electron chi connectivity index (χ3n) is 9.24. The molecule has 0 saturated carbocycles. The molecule has 1 unspecified atom stereocenters. The first-order valence-corrected chi connectivity index (χ1v) is 18.3. The van der Waals surface area contributed by atoms with Gasteiger partial charge in [0.05, 0.1) is 38.2 Å². The van der Waals surface area contributed by atoms with E-state index in [0.29, 0.717) is 30.6 Å². The fraction of sp³-hybridized carbons (Fsp3) is 0.595. The lowest BCUT2D eigenvalue weighted by Gasteiger charge is -2.31. The number of unbranched alkanes of at least 4 members (excludes halogenated alkanes) is 1. The number of rotatable bonds is 19. The Kier molecular flexibility index (Phi) is 15.7. The van der Waals surface area contributed by atoms with Gasteiger partial charge in [-0.1, -0.05) is 67.3 Å². The molecule has 4 N–H and O–H groups in total. The Morgan fingerprint density at radius 2 is 2.00 bits per heavy atom. The van der Waals surface area contributed by atoms with Crippen LogP contribution in [0.4, 0.5) is 5.69 Å². The second kappa shape index (κ2) is 20.0. The number of carbonyl (C=O) groups is 1. The monoisotopic (exact) mass is 652 g/mol. The molecule has 8 nitrogen and oxygen atoms in total. The molecular formula is C37H56N4O4S. The molecule has 3 atom stereocenters. The van der Waals surface area contributed by atoms with Gasteiger partial charge in [-0.3, -0.25) is 14.8 Å². The summed E-state index contributed by atoms with van der Waals surface area (Å²) in [4.78, 5) is 17.0. The highest BCUT2D eigenvalue weighted by Crippen LogP contribution is 2.35. The predicted octanol–water partition coefficient (Wildman–Crippen LogP) is 6.01. The fourth-order valence-corrected chi connectivity index (χ4v) is 6.82. The molecule has 4 rings (SSSR count). The number of primary amides is 1. The zero-order valence-electron chi connectivity index (χ0n) is 28.0. The van der Waals surface area contributed by atoms with E-state index in [-0.39, 0.29) is 6.10 Å². The maximum absolute atomic E-state index is 12.1. The van der Waals surface area contributed by atoms with Gasteiger partial charge in [0.15, 0.2) is 0 Å². The van der Waals surface area contributed by atoms with Crippen LogP contribution in [-0.4, -0.2) is 81.8 Å². The number of ether oxygens (including phenoxy) is 3. The number of hydrogen-bond donors (Lipinski definition) is 2. The molecule has 1 fully saturated rings. The quantitative estimate of drug-likeness (QED) is 0.108. The molecule has 0 aliphatic carbocycles. The van der Waals surface area contributed by atoms with Gasteiger partial charge in [-0.15, -0.1) is 0 Å². The molecule has 9 heteroatoms. The molecular weight excluding hydrogens is 596 g/mol. The van der Waals surface area contributed by atoms with Crippen molar-refractivity contribution in [2.24, 2.45) is 22.7 Å². The van der Waals surface area contributed by atoms with Gasteiger partial charge in [0.25, 0.3) is 0 Å². The highest BCUT2D eigenvalue weighted by atomic mass is 32.2. The molecule has 2 aliphatic heterocycles. The van der Waals surface area contributed by atoms with Crippen LogP contribution in [0.2, 0.25) is 0 Å². The molecule has 2 aliphatic rings. The predicted molar refractivity (Wildman–Crippen MR) is 191 cm³/mol. The van der Waals surface area contributed by atoms with Crippen molar-refractivity contribution in [2.45, 2.75) is 64.9 Å². The van der Waals surface area contributed by atoms with Gasteiger partial charge in [0.1, 0.15) is 5.75 Å². The van der Waals surface area contributed by atoms with Crippen LogP contribution in [0.25, 0.3) is 0 Å². The van der Waals surface area contributed by atoms with Crippen LogP contribution in [0.15, 0.2) is 54.6 Å². The number of morpholine rings is 1. The lowest BCUT2D eigenvalue weighted by atomic mass is 9.93. The lowest BCUT2D eigenvalue weighted by molar-refractivity contribution is -0.00224. The molecule has 1 amide bonds. The Labute approximate surface area is 281 Å². The molecule has 254 valence electrons. The number of fused-ring (bicyclic) bond motifs is 1. The number of aryl methyl sites for hydroxylation is 2. The van der Waals surface area contributed by atoms with Crippen LogP contribution in [-0.2, 0) is 15.9 Å². The third kappa shape index (κ3) is 11.9. The number of carbonyl (C=O) groups excluding carboxylic acids is 1. The first-order chi connectivity index (χ1) is 22.5. The fourth-order valence-electron chi connectivity index (χ4n) is 6.49. The largest absolute Gasteiger partial charge is 0.491 e. The second-order valence-electron chi connectivity index (χ2n) is 12.7. The smallest absolute Gasteiger partial charge is 0.248 e. The van der Waals surface area contributed by atoms with Gasteiger partial charge in [-0.25, -0.2) is 0 Å². The minimum atomic E-state index is -0.417. The Bertz CT molecular complexity index is 1220. The second-order valence-corrected chi connectivity index (χ2v) is 13.5. The van der Waals surface area contributed by atoms with E-state index in [4.69, 9.17) is 25.1 Å². The van der Waals surface area contributed by atoms with E-state index < -0.39 is 5.91 Å². The zero-order valence-corrected chi connectivity index (χ0v) is 28.9. The summed E-state index contributed by atoms with van der Waals surface area (Å²) in [6.45, 7) is 12.0. The van der Waals surface area contributed by atoms with Crippen LogP contribution < -0.4 is 20.5 Å². The minimum Gasteiger partial charge on any atom is -0.491 e. The number of nitrogens with two attached hydrogens (primary N) is 2. The number of allylic oxidation sites excluding steroid dienone is 1. The van der Waals surface area contributed by atoms with Crippen LogP contribution >= 0.6 is 11.9 Å². The Balaban J connectivity index is 1.44. The summed E-state index contributed by atoms with van der Waals surface area (Å²) in [5, 5.41) is 5.64. The number of benzene rings is 2. The van der Waals surface area contributed by atoms with Crippen molar-refractivity contribution in [3.05, 3.63) is 71.3 Å². The topological polar surface area (TPSA) is 103 Å². The van der Waals surface area contributed by atoms with Crippen LogP contribution in [0.5, 0.6) is 5.75 Å². The van der Waals surface area contributed by atoms with Crippen LogP contribution in [0, 0.1) is 18.8 Å². The normalized spacial score (nSPS) is 18.6. The molecule has 1 saturated heterocycles. The molecule has 2 aromatic carbocycles. The first kappa shape index (κ1) is 36.3. The van der Waals surface area contributed by atoms with Gasteiger partial charge >= 0.3 is 0 Å². The first-order valence-electron chi connectivity index (χ1n) is 17.2. The Hall–Kier alpha value is -2.56. The van der Waals surface area contributed by atoms with E-state index in [1.165, 1.54) is 23.1 Å². The number of anilines is 1. The number of nitrogens with zero attached hydrogens (tertiary/aromatic N) is 2. The lowest BCUT2D eigenvalue weighted by Crippen LogP contribution is -2.39. The van der Waals surface area contributed by atoms with Crippen molar-refractivity contribution in [1.29, 1.82) is 0 Å². The van der Waals surface area contributed by atoms with E-state index in [1.54, 1.807) is 6.07 Å². The number of hydrogen-bond acceptors (Lipinski definition) is 8. The number of amides is 1. The summed E-state index contributed by atoms with van der Waals surface area (Å²) in [6.07, 6.45) is 11.9. The van der Waals surface area contributed by atoms with Crippen LogP contribution in [0.3, 0.4) is 0 Å². The van der Waals surface area contributed by atoms with Gasteiger partial charge in [-0.2, -0.15) is 0 Å². The van der Waals surface area contributed by atoms with Crippen molar-refractivity contribution >= 4 is 23.5 Å². The highest BCUT2D eigenvalue weighted by molar-refractivity contribution is 7.97. The summed E-state index contributed by atoms with van der Waals surface area (Å²) >= 11 is 1.40. The zero-order chi connectivity index (χ0) is 32.6. The highest BCUT2D eigenvalue weighted by Gasteiger charge is 2.26. The molecule has 2 aromatic rings. The minimum absolute atomic E-state index is 0.0429. The Morgan fingerprint density at radius 1 is 1.15 bits per heavy atom. The van der Waals surface area contributed by atoms with Gasteiger partial charge in [-0.05, 0) is 75.1 Å². The van der Waals surface area contributed by atoms with Gasteiger partial charge in [0.2, 0.25) is 5.91 Å². The summed E-state index contributed by atoms with van der Waals surface area (Å²) in [5.41, 5.74) is 9.88. The maximum atomic E-state index is 12.1. The average Bonchev–Trinajstić information content (AvgIpc) is 3.23. The molecule has 0 bridgehead atoms. The van der Waals surface area contributed by atoms with Crippen molar-refractivity contribution in [2.75, 3.05) is 69.8 Å². The summed E-state index contributed by atoms with van der Waals surface area (Å²) in [6, 6.07) is 14.4. The van der Waals surface area contributed by atoms with Crippen molar-refractivity contribution < 1.29 is 19.0 Å². The van der Waals surface area contributed by atoms with Crippen molar-refractivity contribution in [1.82, 2.24) is 4.90 Å². The summed E-state index contributed by atoms with van der Waals surface area (Å²) in [7, 11) is 0. The molecule has 46 heavy (non-hydrogen) atoms. The molecule has 0 spiro atoms. The van der Waals surface area contributed by atoms with Gasteiger partial charge in [0, 0.05) is 50.0 Å². The average molecular weight is 653 g/mol. The van der Waals surface area contributed by atoms with Crippen molar-refractivity contribution in [3.63, 3.8) is 0 Å². The summed E-state index contributed by atoms with van der Waals surface area (Å²) < 4.78 is 18.5. The Morgan fingerprint density at radius 3 is 2.76 bits per heavy atom. The third-order valence-corrected chi connectivity index (χ3v) is 9.76.